The van der Waals surface area contributed by atoms with Gasteiger partial charge >= 0.3 is 5.97 Å². The SMILES string of the molecule is CC[C@]1(c2ccc(NC3CCCC3)cc2)[C@@H](C(=O)O)CCCN1C(=O)c1c(C)cccc1F. The minimum absolute atomic E-state index is 0.0286. The third-order valence-corrected chi connectivity index (χ3v) is 7.56. The predicted octanol–water partition coefficient (Wildman–Crippen LogP) is 5.73. The third kappa shape index (κ3) is 4.23. The zero-order chi connectivity index (χ0) is 23.6. The molecule has 1 saturated heterocycles. The number of carboxylic acid groups (broad SMARTS) is 1. The summed E-state index contributed by atoms with van der Waals surface area (Å²) < 4.78 is 14.7. The number of hydrogen-bond donors (Lipinski definition) is 2. The first-order chi connectivity index (χ1) is 15.9. The zero-order valence-corrected chi connectivity index (χ0v) is 19.4. The van der Waals surface area contributed by atoms with E-state index in [-0.39, 0.29) is 5.56 Å². The smallest absolute Gasteiger partial charge is 0.309 e. The molecule has 6 heteroatoms. The molecule has 0 bridgehead atoms. The summed E-state index contributed by atoms with van der Waals surface area (Å²) in [4.78, 5) is 27.8. The summed E-state index contributed by atoms with van der Waals surface area (Å²) >= 11 is 0. The Hall–Kier alpha value is -2.89. The fourth-order valence-corrected chi connectivity index (χ4v) is 5.89. The van der Waals surface area contributed by atoms with Gasteiger partial charge in [-0.25, -0.2) is 4.39 Å². The molecule has 33 heavy (non-hydrogen) atoms. The summed E-state index contributed by atoms with van der Waals surface area (Å²) in [6, 6.07) is 12.9. The molecule has 2 aromatic rings. The van der Waals surface area contributed by atoms with Crippen molar-refractivity contribution >= 4 is 17.6 Å². The third-order valence-electron chi connectivity index (χ3n) is 7.56. The van der Waals surface area contributed by atoms with Crippen LogP contribution < -0.4 is 5.32 Å². The van der Waals surface area contributed by atoms with E-state index in [4.69, 9.17) is 0 Å². The van der Waals surface area contributed by atoms with Crippen LogP contribution in [0.15, 0.2) is 42.5 Å². The normalized spacial score (nSPS) is 23.5. The van der Waals surface area contributed by atoms with Crippen molar-refractivity contribution in [2.75, 3.05) is 11.9 Å². The van der Waals surface area contributed by atoms with E-state index in [1.807, 2.05) is 31.2 Å². The zero-order valence-electron chi connectivity index (χ0n) is 19.4. The molecular formula is C27H33FN2O3. The second-order valence-electron chi connectivity index (χ2n) is 9.40. The Labute approximate surface area is 195 Å². The number of nitrogens with zero attached hydrogens (tertiary/aromatic N) is 1. The van der Waals surface area contributed by atoms with Crippen molar-refractivity contribution in [3.05, 3.63) is 65.0 Å². The van der Waals surface area contributed by atoms with Crippen molar-refractivity contribution in [1.29, 1.82) is 0 Å². The lowest BCUT2D eigenvalue weighted by Gasteiger charge is -2.51. The number of halogens is 1. The lowest BCUT2D eigenvalue weighted by atomic mass is 9.69. The Kier molecular flexibility index (Phi) is 6.73. The highest BCUT2D eigenvalue weighted by atomic mass is 19.1. The quantitative estimate of drug-likeness (QED) is 0.587. The van der Waals surface area contributed by atoms with Crippen molar-refractivity contribution in [2.45, 2.75) is 70.4 Å². The standard InChI is InChI=1S/C27H33FN2O3/c1-3-27(19-13-15-21(16-14-19)29-20-9-4-5-10-20)22(26(32)33)11-7-17-30(27)25(31)24-18(2)8-6-12-23(24)28/h6,8,12-16,20,22,29H,3-5,7,9-11,17H2,1-2H3,(H,32,33)/t22-,27+/m1/s1. The molecule has 4 rings (SSSR count). The molecule has 176 valence electrons. The van der Waals surface area contributed by atoms with Gasteiger partial charge in [0.2, 0.25) is 0 Å². The molecule has 0 aromatic heterocycles. The number of piperidine rings is 1. The minimum Gasteiger partial charge on any atom is -0.481 e. The lowest BCUT2D eigenvalue weighted by Crippen LogP contribution is -2.59. The van der Waals surface area contributed by atoms with E-state index in [1.54, 1.807) is 24.0 Å². The Bertz CT molecular complexity index is 996. The largest absolute Gasteiger partial charge is 0.481 e. The molecule has 0 spiro atoms. The van der Waals surface area contributed by atoms with E-state index in [0.29, 0.717) is 37.4 Å². The number of nitrogens with one attached hydrogen (secondary N) is 1. The monoisotopic (exact) mass is 452 g/mol. The Morgan fingerprint density at radius 3 is 2.39 bits per heavy atom. The molecule has 1 aliphatic heterocycles. The summed E-state index contributed by atoms with van der Waals surface area (Å²) in [7, 11) is 0. The maximum absolute atomic E-state index is 14.7. The maximum Gasteiger partial charge on any atom is 0.309 e. The fourth-order valence-electron chi connectivity index (χ4n) is 5.89. The second-order valence-corrected chi connectivity index (χ2v) is 9.40. The average Bonchev–Trinajstić information content (AvgIpc) is 3.31. The van der Waals surface area contributed by atoms with Crippen molar-refractivity contribution in [2.24, 2.45) is 5.92 Å². The number of aliphatic carboxylic acids is 1. The van der Waals surface area contributed by atoms with Gasteiger partial charge < -0.3 is 15.3 Å². The van der Waals surface area contributed by atoms with Crippen LogP contribution in [0.1, 0.15) is 73.4 Å². The van der Waals surface area contributed by atoms with E-state index in [9.17, 15) is 19.1 Å². The number of carbonyl (C=O) groups excluding carboxylic acids is 1. The molecule has 2 N–H and O–H groups in total. The van der Waals surface area contributed by atoms with Crippen LogP contribution in [0.2, 0.25) is 0 Å². The van der Waals surface area contributed by atoms with E-state index < -0.39 is 29.2 Å². The number of anilines is 1. The molecule has 2 atom stereocenters. The molecule has 1 heterocycles. The van der Waals surface area contributed by atoms with Crippen LogP contribution in [0.5, 0.6) is 0 Å². The number of rotatable bonds is 6. The number of likely N-dealkylation sites (tertiary alicyclic amines) is 1. The second kappa shape index (κ2) is 9.54. The molecule has 1 aliphatic carbocycles. The van der Waals surface area contributed by atoms with Gasteiger partial charge in [-0.05, 0) is 68.4 Å². The number of benzene rings is 2. The summed E-state index contributed by atoms with van der Waals surface area (Å²) in [6.07, 6.45) is 6.27. The highest BCUT2D eigenvalue weighted by Gasteiger charge is 2.52. The van der Waals surface area contributed by atoms with Crippen LogP contribution in [0.3, 0.4) is 0 Å². The lowest BCUT2D eigenvalue weighted by molar-refractivity contribution is -0.150. The van der Waals surface area contributed by atoms with Gasteiger partial charge in [-0.3, -0.25) is 9.59 Å². The van der Waals surface area contributed by atoms with E-state index in [0.717, 1.165) is 24.1 Å². The maximum atomic E-state index is 14.7. The van der Waals surface area contributed by atoms with Crippen LogP contribution in [0.4, 0.5) is 10.1 Å². The van der Waals surface area contributed by atoms with Gasteiger partial charge in [0.1, 0.15) is 5.82 Å². The number of hydrogen-bond acceptors (Lipinski definition) is 3. The van der Waals surface area contributed by atoms with E-state index >= 15 is 0 Å². The molecule has 1 saturated carbocycles. The molecule has 2 aromatic carbocycles. The van der Waals surface area contributed by atoms with Gasteiger partial charge in [-0.1, -0.05) is 44.0 Å². The minimum atomic E-state index is -1.04. The van der Waals surface area contributed by atoms with Crippen molar-refractivity contribution in [3.63, 3.8) is 0 Å². The fraction of sp³-hybridized carbons (Fsp3) is 0.481. The van der Waals surface area contributed by atoms with Crippen LogP contribution >= 0.6 is 0 Å². The molecule has 2 fully saturated rings. The molecule has 1 amide bonds. The number of amides is 1. The summed E-state index contributed by atoms with van der Waals surface area (Å²) in [5.74, 6) is -2.70. The summed E-state index contributed by atoms with van der Waals surface area (Å²) in [5.41, 5.74) is 1.33. The Morgan fingerprint density at radius 2 is 1.79 bits per heavy atom. The Balaban J connectivity index is 1.76. The van der Waals surface area contributed by atoms with Crippen LogP contribution in [-0.4, -0.2) is 34.5 Å². The van der Waals surface area contributed by atoms with Crippen molar-refractivity contribution in [3.8, 4) is 0 Å². The van der Waals surface area contributed by atoms with Gasteiger partial charge in [0.15, 0.2) is 0 Å². The van der Waals surface area contributed by atoms with Gasteiger partial charge in [-0.15, -0.1) is 0 Å². The first-order valence-electron chi connectivity index (χ1n) is 12.1. The van der Waals surface area contributed by atoms with E-state index in [1.165, 1.54) is 18.9 Å². The van der Waals surface area contributed by atoms with Crippen LogP contribution in [0.25, 0.3) is 0 Å². The van der Waals surface area contributed by atoms with Gasteiger partial charge in [0, 0.05) is 18.3 Å². The van der Waals surface area contributed by atoms with Crippen LogP contribution in [0, 0.1) is 18.7 Å². The number of carboxylic acids is 1. The Morgan fingerprint density at radius 1 is 1.09 bits per heavy atom. The first kappa shape index (κ1) is 23.3. The average molecular weight is 453 g/mol. The van der Waals surface area contributed by atoms with Crippen molar-refractivity contribution in [1.82, 2.24) is 4.90 Å². The molecule has 0 radical (unpaired) electrons. The predicted molar refractivity (Wildman–Crippen MR) is 127 cm³/mol. The molecule has 5 nitrogen and oxygen atoms in total. The topological polar surface area (TPSA) is 69.6 Å². The first-order valence-corrected chi connectivity index (χ1v) is 12.1. The van der Waals surface area contributed by atoms with Crippen LogP contribution in [-0.2, 0) is 10.3 Å². The molecular weight excluding hydrogens is 419 g/mol. The van der Waals surface area contributed by atoms with Gasteiger partial charge in [-0.2, -0.15) is 0 Å². The highest BCUT2D eigenvalue weighted by molar-refractivity contribution is 5.97. The van der Waals surface area contributed by atoms with E-state index in [2.05, 4.69) is 5.32 Å². The number of carbonyl (C=O) groups is 2. The molecule has 0 unspecified atom stereocenters. The highest BCUT2D eigenvalue weighted by Crippen LogP contribution is 2.46. The summed E-state index contributed by atoms with van der Waals surface area (Å²) in [5, 5.41) is 13.7. The van der Waals surface area contributed by atoms with Gasteiger partial charge in [0.05, 0.1) is 17.0 Å². The van der Waals surface area contributed by atoms with Crippen molar-refractivity contribution < 1.29 is 19.1 Å². The molecule has 2 aliphatic rings. The summed E-state index contributed by atoms with van der Waals surface area (Å²) in [6.45, 7) is 4.03. The number of aryl methyl sites for hydroxylation is 1. The van der Waals surface area contributed by atoms with Gasteiger partial charge in [0.25, 0.3) is 5.91 Å².